The lowest BCUT2D eigenvalue weighted by molar-refractivity contribution is -0.144. The first kappa shape index (κ1) is 27.6. The number of aliphatic hydroxyl groups excluding tert-OH is 1. The molecule has 4 aliphatic rings. The Balaban J connectivity index is 0.000000860. The SMILES string of the molecule is CC.CC.CC(C)CCCC[C@H]1CCC2C3CC=C4CC(O)CCC4(C)C3C(=O)CC21C. The number of allylic oxidation sites excluding steroid dienone is 1. The molecule has 6 unspecified atom stereocenters. The summed E-state index contributed by atoms with van der Waals surface area (Å²) in [5.41, 5.74) is 1.66. The van der Waals surface area contributed by atoms with Crippen LogP contribution in [0, 0.1) is 40.4 Å². The maximum Gasteiger partial charge on any atom is 0.137 e. The molecule has 0 aromatic heterocycles. The molecule has 7 atom stereocenters. The van der Waals surface area contributed by atoms with Crippen LogP contribution in [-0.2, 0) is 4.79 Å². The minimum Gasteiger partial charge on any atom is -0.393 e. The second kappa shape index (κ2) is 11.7. The quantitative estimate of drug-likeness (QED) is 0.340. The summed E-state index contributed by atoms with van der Waals surface area (Å²) in [6.07, 6.45) is 14.8. The molecule has 0 saturated heterocycles. The standard InChI is InChI=1S/C26H42O2.2C2H6/c1-17(2)7-5-6-8-18-10-12-22-21-11-9-19-15-20(27)13-14-25(19,3)24(21)23(28)16-26(18,22)4;2*1-2/h9,17-18,20-22,24,27H,5-8,10-16H2,1-4H3;2*1-2H3/t18-,20?,21?,22?,24?,25?,26?;;/m0../s1. The van der Waals surface area contributed by atoms with Gasteiger partial charge in [0, 0.05) is 12.3 Å². The van der Waals surface area contributed by atoms with E-state index in [9.17, 15) is 9.90 Å². The second-order valence-corrected chi connectivity index (χ2v) is 11.6. The van der Waals surface area contributed by atoms with Gasteiger partial charge in [-0.15, -0.1) is 0 Å². The van der Waals surface area contributed by atoms with Gasteiger partial charge in [0.25, 0.3) is 0 Å². The van der Waals surface area contributed by atoms with Crippen LogP contribution >= 0.6 is 0 Å². The molecule has 3 saturated carbocycles. The molecule has 2 nitrogen and oxygen atoms in total. The summed E-state index contributed by atoms with van der Waals surface area (Å²) >= 11 is 0. The van der Waals surface area contributed by atoms with Gasteiger partial charge in [0.15, 0.2) is 0 Å². The highest BCUT2D eigenvalue weighted by Gasteiger charge is 2.61. The van der Waals surface area contributed by atoms with E-state index >= 15 is 0 Å². The molecule has 0 aromatic carbocycles. The minimum absolute atomic E-state index is 0.0237. The number of aliphatic hydroxyl groups is 1. The predicted molar refractivity (Wildman–Crippen MR) is 138 cm³/mol. The minimum atomic E-state index is -0.193. The van der Waals surface area contributed by atoms with Gasteiger partial charge in [0.05, 0.1) is 6.10 Å². The van der Waals surface area contributed by atoms with Crippen molar-refractivity contribution < 1.29 is 9.90 Å². The zero-order valence-electron chi connectivity index (χ0n) is 22.7. The summed E-state index contributed by atoms with van der Waals surface area (Å²) < 4.78 is 0. The maximum atomic E-state index is 13.6. The van der Waals surface area contributed by atoms with Gasteiger partial charge in [-0.25, -0.2) is 0 Å². The van der Waals surface area contributed by atoms with Gasteiger partial charge in [-0.3, -0.25) is 4.79 Å². The number of unbranched alkanes of at least 4 members (excludes halogenated alkanes) is 1. The van der Waals surface area contributed by atoms with Crippen molar-refractivity contribution in [3.63, 3.8) is 0 Å². The molecule has 186 valence electrons. The number of Topliss-reactive ketones (excluding diaryl/α,β-unsaturated/α-hetero) is 1. The molecule has 0 amide bonds. The highest BCUT2D eigenvalue weighted by Crippen LogP contribution is 2.65. The molecule has 4 aliphatic carbocycles. The average Bonchev–Trinajstić information content (AvgIpc) is 3.10. The van der Waals surface area contributed by atoms with Crippen LogP contribution in [0.3, 0.4) is 0 Å². The summed E-state index contributed by atoms with van der Waals surface area (Å²) in [5.74, 6) is 3.62. The molecule has 0 spiro atoms. The van der Waals surface area contributed by atoms with Crippen LogP contribution in [0.5, 0.6) is 0 Å². The molecular formula is C30H54O2. The predicted octanol–water partition coefficient (Wildman–Crippen LogP) is 8.37. The third-order valence-electron chi connectivity index (χ3n) is 9.55. The molecular weight excluding hydrogens is 392 g/mol. The van der Waals surface area contributed by atoms with Crippen molar-refractivity contribution >= 4 is 5.78 Å². The first-order valence-corrected chi connectivity index (χ1v) is 14.2. The van der Waals surface area contributed by atoms with Crippen LogP contribution in [0.15, 0.2) is 11.6 Å². The van der Waals surface area contributed by atoms with Gasteiger partial charge in [-0.05, 0) is 79.4 Å². The number of fused-ring (bicyclic) bond motifs is 5. The molecule has 4 rings (SSSR count). The van der Waals surface area contributed by atoms with E-state index in [4.69, 9.17) is 0 Å². The summed E-state index contributed by atoms with van der Waals surface area (Å²) in [6, 6.07) is 0. The Hall–Kier alpha value is -0.630. The van der Waals surface area contributed by atoms with Crippen molar-refractivity contribution in [2.45, 2.75) is 132 Å². The summed E-state index contributed by atoms with van der Waals surface area (Å²) in [6.45, 7) is 17.5. The van der Waals surface area contributed by atoms with E-state index in [0.717, 1.165) is 49.9 Å². The third-order valence-corrected chi connectivity index (χ3v) is 9.55. The van der Waals surface area contributed by atoms with Crippen molar-refractivity contribution in [1.29, 1.82) is 0 Å². The van der Waals surface area contributed by atoms with E-state index in [1.807, 2.05) is 27.7 Å². The molecule has 0 aromatic rings. The van der Waals surface area contributed by atoms with Crippen LogP contribution in [-0.4, -0.2) is 17.0 Å². The van der Waals surface area contributed by atoms with E-state index in [1.54, 1.807) is 0 Å². The van der Waals surface area contributed by atoms with Gasteiger partial charge < -0.3 is 5.11 Å². The Kier molecular flexibility index (Phi) is 10.1. The smallest absolute Gasteiger partial charge is 0.137 e. The van der Waals surface area contributed by atoms with Crippen molar-refractivity contribution in [3.8, 4) is 0 Å². The van der Waals surface area contributed by atoms with Gasteiger partial charge in [0.1, 0.15) is 5.78 Å². The molecule has 32 heavy (non-hydrogen) atoms. The van der Waals surface area contributed by atoms with E-state index in [0.29, 0.717) is 11.7 Å². The van der Waals surface area contributed by atoms with E-state index in [2.05, 4.69) is 33.8 Å². The number of carbonyl (C=O) groups is 1. The Morgan fingerprint density at radius 2 is 1.75 bits per heavy atom. The monoisotopic (exact) mass is 446 g/mol. The zero-order chi connectivity index (χ0) is 24.1. The Morgan fingerprint density at radius 1 is 1.06 bits per heavy atom. The van der Waals surface area contributed by atoms with Crippen LogP contribution < -0.4 is 0 Å². The third kappa shape index (κ3) is 5.21. The average molecular weight is 447 g/mol. The summed E-state index contributed by atoms with van der Waals surface area (Å²) in [5, 5.41) is 10.2. The molecule has 0 aliphatic heterocycles. The lowest BCUT2D eigenvalue weighted by Gasteiger charge is -2.57. The van der Waals surface area contributed by atoms with Crippen molar-refractivity contribution in [2.75, 3.05) is 0 Å². The largest absolute Gasteiger partial charge is 0.393 e. The maximum absolute atomic E-state index is 13.6. The van der Waals surface area contributed by atoms with Crippen molar-refractivity contribution in [3.05, 3.63) is 11.6 Å². The summed E-state index contributed by atoms with van der Waals surface area (Å²) in [4.78, 5) is 13.6. The molecule has 1 N–H and O–H groups in total. The lowest BCUT2D eigenvalue weighted by Crippen LogP contribution is -2.54. The molecule has 0 bridgehead atoms. The summed E-state index contributed by atoms with van der Waals surface area (Å²) in [7, 11) is 0. The fraction of sp³-hybridized carbons (Fsp3) is 0.900. The van der Waals surface area contributed by atoms with Crippen LogP contribution in [0.2, 0.25) is 0 Å². The van der Waals surface area contributed by atoms with Crippen molar-refractivity contribution in [2.24, 2.45) is 40.4 Å². The number of ketones is 1. The number of hydrogen-bond acceptors (Lipinski definition) is 2. The topological polar surface area (TPSA) is 37.3 Å². The van der Waals surface area contributed by atoms with Crippen LogP contribution in [0.1, 0.15) is 126 Å². The number of hydrogen-bond donors (Lipinski definition) is 1. The van der Waals surface area contributed by atoms with Gasteiger partial charge in [0.2, 0.25) is 0 Å². The van der Waals surface area contributed by atoms with E-state index in [1.165, 1.54) is 44.1 Å². The van der Waals surface area contributed by atoms with Gasteiger partial charge in [-0.1, -0.05) is 86.3 Å². The Labute approximate surface area is 200 Å². The first-order valence-electron chi connectivity index (χ1n) is 14.2. The van der Waals surface area contributed by atoms with Crippen molar-refractivity contribution in [1.82, 2.24) is 0 Å². The zero-order valence-corrected chi connectivity index (χ0v) is 22.7. The number of carbonyl (C=O) groups excluding carboxylic acids is 1. The molecule has 0 heterocycles. The van der Waals surface area contributed by atoms with Crippen LogP contribution in [0.25, 0.3) is 0 Å². The normalized spacial score (nSPS) is 40.1. The van der Waals surface area contributed by atoms with Crippen LogP contribution in [0.4, 0.5) is 0 Å². The van der Waals surface area contributed by atoms with Gasteiger partial charge in [-0.2, -0.15) is 0 Å². The molecule has 2 heteroatoms. The van der Waals surface area contributed by atoms with E-state index in [-0.39, 0.29) is 22.9 Å². The Bertz CT molecular complexity index is 635. The lowest BCUT2D eigenvalue weighted by atomic mass is 9.47. The fourth-order valence-corrected chi connectivity index (χ4v) is 7.99. The van der Waals surface area contributed by atoms with Gasteiger partial charge >= 0.3 is 0 Å². The number of rotatable bonds is 5. The highest BCUT2D eigenvalue weighted by molar-refractivity contribution is 5.85. The second-order valence-electron chi connectivity index (χ2n) is 11.6. The first-order chi connectivity index (χ1) is 15.3. The van der Waals surface area contributed by atoms with E-state index < -0.39 is 0 Å². The highest BCUT2D eigenvalue weighted by atomic mass is 16.3. The molecule has 0 radical (unpaired) electrons. The Morgan fingerprint density at radius 3 is 2.41 bits per heavy atom. The molecule has 3 fully saturated rings. The fourth-order valence-electron chi connectivity index (χ4n) is 7.99.